The van der Waals surface area contributed by atoms with Crippen molar-refractivity contribution in [2.45, 2.75) is 32.6 Å². The van der Waals surface area contributed by atoms with Crippen LogP contribution in [-0.4, -0.2) is 48.2 Å². The average molecular weight is 361 g/mol. The smallest absolute Gasteiger partial charge is 0.335 e. The van der Waals surface area contributed by atoms with Gasteiger partial charge in [0.15, 0.2) is 6.10 Å². The molecule has 0 bridgehead atoms. The van der Waals surface area contributed by atoms with Gasteiger partial charge in [-0.1, -0.05) is 18.2 Å². The summed E-state index contributed by atoms with van der Waals surface area (Å²) in [5.74, 6) is -2.48. The van der Waals surface area contributed by atoms with E-state index in [4.69, 9.17) is 14.2 Å². The molecule has 1 aliphatic rings. The number of hydrogen-bond acceptors (Lipinski definition) is 7. The van der Waals surface area contributed by atoms with E-state index in [1.54, 1.807) is 30.3 Å². The van der Waals surface area contributed by atoms with Crippen molar-refractivity contribution < 1.29 is 33.4 Å². The van der Waals surface area contributed by atoms with Gasteiger partial charge >= 0.3 is 17.9 Å². The zero-order chi connectivity index (χ0) is 19.3. The highest BCUT2D eigenvalue weighted by Gasteiger charge is 2.41. The molecule has 0 radical (unpaired) electrons. The van der Waals surface area contributed by atoms with Gasteiger partial charge in [0, 0.05) is 32.0 Å². The Kier molecular flexibility index (Phi) is 6.11. The predicted molar refractivity (Wildman–Crippen MR) is 88.4 cm³/mol. The van der Waals surface area contributed by atoms with E-state index in [1.165, 1.54) is 27.2 Å². The average Bonchev–Trinajstić information content (AvgIpc) is 2.61. The van der Waals surface area contributed by atoms with Crippen LogP contribution in [0.4, 0.5) is 0 Å². The molecule has 26 heavy (non-hydrogen) atoms. The van der Waals surface area contributed by atoms with E-state index in [1.807, 2.05) is 0 Å². The van der Waals surface area contributed by atoms with E-state index in [0.717, 1.165) is 4.90 Å². The number of benzene rings is 1. The van der Waals surface area contributed by atoms with E-state index in [2.05, 4.69) is 0 Å². The number of hydrogen-bond donors (Lipinski definition) is 0. The van der Waals surface area contributed by atoms with Gasteiger partial charge < -0.3 is 14.2 Å². The fraction of sp³-hybridized carbons (Fsp3) is 0.333. The zero-order valence-electron chi connectivity index (χ0n) is 14.6. The Bertz CT molecular complexity index is 741. The molecule has 2 rings (SSSR count). The van der Waals surface area contributed by atoms with Crippen molar-refractivity contribution in [1.82, 2.24) is 4.90 Å². The van der Waals surface area contributed by atoms with Crippen molar-refractivity contribution >= 4 is 23.8 Å². The SMILES string of the molecule is COC(=O)C1=CN(C(=O)c2ccccc2)[C@H](OC(C)=O)[C@H](OC(C)=O)C1. The molecule has 0 aliphatic carbocycles. The summed E-state index contributed by atoms with van der Waals surface area (Å²) in [6.07, 6.45) is -1.03. The molecule has 1 heterocycles. The van der Waals surface area contributed by atoms with Gasteiger partial charge in [0.1, 0.15) is 0 Å². The van der Waals surface area contributed by atoms with Crippen molar-refractivity contribution in [2.24, 2.45) is 0 Å². The summed E-state index contributed by atoms with van der Waals surface area (Å²) in [4.78, 5) is 48.8. The second kappa shape index (κ2) is 8.28. The second-order valence-electron chi connectivity index (χ2n) is 5.58. The molecule has 0 aromatic heterocycles. The Hall–Kier alpha value is -3.16. The normalized spacial score (nSPS) is 19.2. The van der Waals surface area contributed by atoms with Crippen LogP contribution >= 0.6 is 0 Å². The van der Waals surface area contributed by atoms with Gasteiger partial charge in [-0.05, 0) is 12.1 Å². The lowest BCUT2D eigenvalue weighted by molar-refractivity contribution is -0.177. The number of esters is 3. The molecule has 0 unspecified atom stereocenters. The Morgan fingerprint density at radius 3 is 2.15 bits per heavy atom. The molecule has 0 N–H and O–H groups in total. The number of carbonyl (C=O) groups is 4. The lowest BCUT2D eigenvalue weighted by Crippen LogP contribution is -2.51. The molecule has 0 spiro atoms. The first-order valence-corrected chi connectivity index (χ1v) is 7.84. The number of nitrogens with zero attached hydrogens (tertiary/aromatic N) is 1. The fourth-order valence-electron chi connectivity index (χ4n) is 2.58. The van der Waals surface area contributed by atoms with Crippen LogP contribution in [0.2, 0.25) is 0 Å². The highest BCUT2D eigenvalue weighted by Crippen LogP contribution is 2.27. The molecule has 8 nitrogen and oxygen atoms in total. The van der Waals surface area contributed by atoms with Crippen LogP contribution in [-0.2, 0) is 28.6 Å². The summed E-state index contributed by atoms with van der Waals surface area (Å²) >= 11 is 0. The Morgan fingerprint density at radius 2 is 1.62 bits per heavy atom. The molecule has 1 aromatic carbocycles. The van der Waals surface area contributed by atoms with E-state index in [0.29, 0.717) is 5.56 Å². The summed E-state index contributed by atoms with van der Waals surface area (Å²) in [5, 5.41) is 0. The summed E-state index contributed by atoms with van der Waals surface area (Å²) in [5.41, 5.74) is 0.431. The number of methoxy groups -OCH3 is 1. The maximum absolute atomic E-state index is 12.9. The largest absolute Gasteiger partial charge is 0.466 e. The third kappa shape index (κ3) is 4.47. The summed E-state index contributed by atoms with van der Waals surface area (Å²) in [6, 6.07) is 8.25. The Balaban J connectivity index is 2.47. The van der Waals surface area contributed by atoms with Gasteiger partial charge in [-0.2, -0.15) is 0 Å². The van der Waals surface area contributed by atoms with Crippen molar-refractivity contribution in [3.63, 3.8) is 0 Å². The van der Waals surface area contributed by atoms with Crippen LogP contribution in [0, 0.1) is 0 Å². The molecule has 1 aliphatic heterocycles. The number of rotatable bonds is 4. The van der Waals surface area contributed by atoms with Gasteiger partial charge in [-0.15, -0.1) is 0 Å². The minimum Gasteiger partial charge on any atom is -0.466 e. The number of carbonyl (C=O) groups excluding carboxylic acids is 4. The highest BCUT2D eigenvalue weighted by molar-refractivity contribution is 5.97. The van der Waals surface area contributed by atoms with Crippen LogP contribution in [0.25, 0.3) is 0 Å². The van der Waals surface area contributed by atoms with Crippen molar-refractivity contribution in [3.05, 3.63) is 47.7 Å². The number of amides is 1. The number of ether oxygens (including phenoxy) is 3. The lowest BCUT2D eigenvalue weighted by atomic mass is 10.0. The molecule has 0 saturated heterocycles. The second-order valence-corrected chi connectivity index (χ2v) is 5.58. The van der Waals surface area contributed by atoms with E-state index in [-0.39, 0.29) is 12.0 Å². The lowest BCUT2D eigenvalue weighted by Gasteiger charge is -2.37. The summed E-state index contributed by atoms with van der Waals surface area (Å²) < 4.78 is 15.1. The first-order valence-electron chi connectivity index (χ1n) is 7.84. The van der Waals surface area contributed by atoms with E-state index in [9.17, 15) is 19.2 Å². The molecular formula is C18H19NO7. The third-order valence-electron chi connectivity index (χ3n) is 3.62. The predicted octanol–water partition coefficient (Wildman–Crippen LogP) is 1.41. The first-order chi connectivity index (χ1) is 12.3. The maximum Gasteiger partial charge on any atom is 0.335 e. The van der Waals surface area contributed by atoms with Crippen LogP contribution < -0.4 is 0 Å². The van der Waals surface area contributed by atoms with Gasteiger partial charge in [-0.25, -0.2) is 4.79 Å². The molecule has 1 aromatic rings. The van der Waals surface area contributed by atoms with Crippen molar-refractivity contribution in [3.8, 4) is 0 Å². The molecule has 0 fully saturated rings. The molecule has 0 saturated carbocycles. The van der Waals surface area contributed by atoms with Gasteiger partial charge in [0.2, 0.25) is 6.23 Å². The topological polar surface area (TPSA) is 99.2 Å². The zero-order valence-corrected chi connectivity index (χ0v) is 14.6. The summed E-state index contributed by atoms with van der Waals surface area (Å²) in [7, 11) is 1.20. The third-order valence-corrected chi connectivity index (χ3v) is 3.62. The molecule has 1 amide bonds. The quantitative estimate of drug-likeness (QED) is 0.590. The highest BCUT2D eigenvalue weighted by atomic mass is 16.6. The minimum atomic E-state index is -1.20. The van der Waals surface area contributed by atoms with Crippen LogP contribution in [0.5, 0.6) is 0 Å². The molecule has 138 valence electrons. The van der Waals surface area contributed by atoms with E-state index >= 15 is 0 Å². The molecule has 2 atom stereocenters. The Morgan fingerprint density at radius 1 is 1.00 bits per heavy atom. The standard InChI is InChI=1S/C18H19NO7/c1-11(20)25-15-9-14(18(23)24-3)10-19(17(15)26-12(2)21)16(22)13-7-5-4-6-8-13/h4-8,10,15,17H,9H2,1-3H3/t15-,17-/m1/s1. The van der Waals surface area contributed by atoms with Gasteiger partial charge in [0.25, 0.3) is 5.91 Å². The van der Waals surface area contributed by atoms with Crippen LogP contribution in [0.15, 0.2) is 42.1 Å². The van der Waals surface area contributed by atoms with Crippen molar-refractivity contribution in [2.75, 3.05) is 7.11 Å². The molecule has 8 heteroatoms. The van der Waals surface area contributed by atoms with Gasteiger partial charge in [-0.3, -0.25) is 19.3 Å². The van der Waals surface area contributed by atoms with Crippen LogP contribution in [0.3, 0.4) is 0 Å². The minimum absolute atomic E-state index is 0.0528. The maximum atomic E-state index is 12.9. The van der Waals surface area contributed by atoms with Gasteiger partial charge in [0.05, 0.1) is 12.7 Å². The fourth-order valence-corrected chi connectivity index (χ4v) is 2.58. The van der Waals surface area contributed by atoms with E-state index < -0.39 is 36.1 Å². The van der Waals surface area contributed by atoms with Crippen molar-refractivity contribution in [1.29, 1.82) is 0 Å². The molecular weight excluding hydrogens is 342 g/mol. The monoisotopic (exact) mass is 361 g/mol. The first kappa shape index (κ1) is 19.2. The summed E-state index contributed by atoms with van der Waals surface area (Å²) in [6.45, 7) is 2.36. The van der Waals surface area contributed by atoms with Crippen LogP contribution in [0.1, 0.15) is 30.6 Å². The Labute approximate surface area is 150 Å².